The molecule has 0 saturated carbocycles. The Morgan fingerprint density at radius 1 is 1.25 bits per heavy atom. The summed E-state index contributed by atoms with van der Waals surface area (Å²) in [6.07, 6.45) is 2.99. The molecule has 0 atom stereocenters. The monoisotopic (exact) mass is 313 g/mol. The first-order chi connectivity index (χ1) is 9.54. The third-order valence-electron chi connectivity index (χ3n) is 2.51. The Morgan fingerprint density at radius 2 is 1.95 bits per heavy atom. The molecule has 1 N–H and O–H groups in total. The molecule has 0 saturated heterocycles. The topological polar surface area (TPSA) is 81.2 Å². The lowest BCUT2D eigenvalue weighted by molar-refractivity contribution is 0.392. The van der Waals surface area contributed by atoms with Gasteiger partial charge in [-0.05, 0) is 18.2 Å². The molecule has 0 amide bonds. The lowest BCUT2D eigenvalue weighted by atomic mass is 10.3. The summed E-state index contributed by atoms with van der Waals surface area (Å²) in [5, 5.41) is -0.0712. The second kappa shape index (κ2) is 6.17. The van der Waals surface area contributed by atoms with Crippen molar-refractivity contribution >= 4 is 21.6 Å². The highest BCUT2D eigenvalue weighted by Gasteiger charge is 2.18. The van der Waals surface area contributed by atoms with Gasteiger partial charge in [0.25, 0.3) is 0 Å². The third kappa shape index (κ3) is 3.24. The SMILES string of the molecule is COc1ncccc1CNS(=O)(=O)c1cccnc1Cl. The van der Waals surface area contributed by atoms with Crippen LogP contribution < -0.4 is 9.46 Å². The number of aromatic nitrogens is 2. The molecule has 8 heteroatoms. The zero-order chi connectivity index (χ0) is 14.6. The summed E-state index contributed by atoms with van der Waals surface area (Å²) in [5.74, 6) is 0.368. The van der Waals surface area contributed by atoms with Gasteiger partial charge >= 0.3 is 0 Å². The summed E-state index contributed by atoms with van der Waals surface area (Å²) in [6.45, 7) is 0.0462. The Kier molecular flexibility index (Phi) is 4.53. The Hall–Kier alpha value is -1.70. The third-order valence-corrected chi connectivity index (χ3v) is 4.36. The van der Waals surface area contributed by atoms with Crippen LogP contribution in [0.25, 0.3) is 0 Å². The highest BCUT2D eigenvalue weighted by atomic mass is 35.5. The zero-order valence-electron chi connectivity index (χ0n) is 10.6. The zero-order valence-corrected chi connectivity index (χ0v) is 12.1. The lowest BCUT2D eigenvalue weighted by Gasteiger charge is -2.09. The molecule has 20 heavy (non-hydrogen) atoms. The molecule has 0 bridgehead atoms. The number of halogens is 1. The van der Waals surface area contributed by atoms with E-state index < -0.39 is 10.0 Å². The second-order valence-electron chi connectivity index (χ2n) is 3.79. The van der Waals surface area contributed by atoms with Gasteiger partial charge in [-0.2, -0.15) is 0 Å². The summed E-state index contributed by atoms with van der Waals surface area (Å²) >= 11 is 5.78. The highest BCUT2D eigenvalue weighted by Crippen LogP contribution is 2.19. The smallest absolute Gasteiger partial charge is 0.243 e. The number of ether oxygens (including phenoxy) is 1. The first-order valence-corrected chi connectivity index (χ1v) is 7.49. The Labute approximate surface area is 121 Å². The number of sulfonamides is 1. The summed E-state index contributed by atoms with van der Waals surface area (Å²) < 4.78 is 31.7. The first-order valence-electron chi connectivity index (χ1n) is 5.62. The number of hydrogen-bond donors (Lipinski definition) is 1. The van der Waals surface area contributed by atoms with Crippen molar-refractivity contribution in [3.05, 3.63) is 47.4 Å². The maximum atomic E-state index is 12.1. The van der Waals surface area contributed by atoms with Crippen LogP contribution in [-0.2, 0) is 16.6 Å². The molecule has 0 aliphatic rings. The van der Waals surface area contributed by atoms with Crippen LogP contribution in [-0.4, -0.2) is 25.5 Å². The van der Waals surface area contributed by atoms with Crippen LogP contribution in [0.2, 0.25) is 5.15 Å². The van der Waals surface area contributed by atoms with Gasteiger partial charge < -0.3 is 4.74 Å². The predicted molar refractivity (Wildman–Crippen MR) is 74.1 cm³/mol. The van der Waals surface area contributed by atoms with Crippen molar-refractivity contribution in [3.63, 3.8) is 0 Å². The van der Waals surface area contributed by atoms with Crippen LogP contribution in [0.15, 0.2) is 41.6 Å². The second-order valence-corrected chi connectivity index (χ2v) is 5.88. The lowest BCUT2D eigenvalue weighted by Crippen LogP contribution is -2.24. The van der Waals surface area contributed by atoms with E-state index in [1.165, 1.54) is 25.4 Å². The number of nitrogens with zero attached hydrogens (tertiary/aromatic N) is 2. The molecule has 0 spiro atoms. The van der Waals surface area contributed by atoms with Gasteiger partial charge in [-0.1, -0.05) is 17.7 Å². The molecule has 2 heterocycles. The fourth-order valence-electron chi connectivity index (χ4n) is 1.56. The number of hydrogen-bond acceptors (Lipinski definition) is 5. The largest absolute Gasteiger partial charge is 0.481 e. The van der Waals surface area contributed by atoms with E-state index in [2.05, 4.69) is 14.7 Å². The van der Waals surface area contributed by atoms with Gasteiger partial charge in [-0.25, -0.2) is 23.1 Å². The Bertz CT molecular complexity index is 707. The molecule has 2 aromatic rings. The minimum atomic E-state index is -3.74. The highest BCUT2D eigenvalue weighted by molar-refractivity contribution is 7.89. The van der Waals surface area contributed by atoms with E-state index in [0.717, 1.165) is 0 Å². The van der Waals surface area contributed by atoms with Gasteiger partial charge in [0, 0.05) is 24.5 Å². The molecule has 2 rings (SSSR count). The van der Waals surface area contributed by atoms with Crippen LogP contribution in [0.3, 0.4) is 0 Å². The number of rotatable bonds is 5. The van der Waals surface area contributed by atoms with Gasteiger partial charge in [0.2, 0.25) is 15.9 Å². The molecule has 0 radical (unpaired) electrons. The Balaban J connectivity index is 2.20. The molecule has 6 nitrogen and oxygen atoms in total. The summed E-state index contributed by atoms with van der Waals surface area (Å²) in [5.41, 5.74) is 0.624. The van der Waals surface area contributed by atoms with E-state index in [9.17, 15) is 8.42 Å². The maximum absolute atomic E-state index is 12.1. The average Bonchev–Trinajstić information content (AvgIpc) is 2.46. The van der Waals surface area contributed by atoms with Crippen molar-refractivity contribution in [1.82, 2.24) is 14.7 Å². The van der Waals surface area contributed by atoms with Gasteiger partial charge in [0.05, 0.1) is 7.11 Å². The summed E-state index contributed by atoms with van der Waals surface area (Å²) in [4.78, 5) is 7.67. The summed E-state index contributed by atoms with van der Waals surface area (Å²) in [7, 11) is -2.27. The van der Waals surface area contributed by atoms with Crippen LogP contribution in [0, 0.1) is 0 Å². The van der Waals surface area contributed by atoms with Gasteiger partial charge in [0.1, 0.15) is 10.0 Å². The van der Waals surface area contributed by atoms with Crippen molar-refractivity contribution in [2.24, 2.45) is 0 Å². The van der Waals surface area contributed by atoms with Crippen LogP contribution in [0.1, 0.15) is 5.56 Å². The number of pyridine rings is 2. The molecule has 0 unspecified atom stereocenters. The van der Waals surface area contributed by atoms with E-state index in [0.29, 0.717) is 11.4 Å². The minimum absolute atomic E-state index is 0.0462. The molecule has 2 aromatic heterocycles. The van der Waals surface area contributed by atoms with Crippen molar-refractivity contribution in [2.45, 2.75) is 11.4 Å². The van der Waals surface area contributed by atoms with Crippen molar-refractivity contribution in [3.8, 4) is 5.88 Å². The predicted octanol–water partition coefficient (Wildman–Crippen LogP) is 1.62. The molecule has 0 aliphatic carbocycles. The van der Waals surface area contributed by atoms with E-state index in [1.807, 2.05) is 0 Å². The number of methoxy groups -OCH3 is 1. The van der Waals surface area contributed by atoms with Gasteiger partial charge in [-0.15, -0.1) is 0 Å². The standard InChI is InChI=1S/C12H12ClN3O3S/c1-19-12-9(4-2-7-15-12)8-16-20(17,18)10-5-3-6-14-11(10)13/h2-7,16H,8H2,1H3. The Morgan fingerprint density at radius 3 is 2.65 bits per heavy atom. The fourth-order valence-corrected chi connectivity index (χ4v) is 3.02. The quantitative estimate of drug-likeness (QED) is 0.848. The average molecular weight is 314 g/mol. The first kappa shape index (κ1) is 14.7. The molecule has 0 aromatic carbocycles. The minimum Gasteiger partial charge on any atom is -0.481 e. The van der Waals surface area contributed by atoms with Crippen molar-refractivity contribution in [2.75, 3.05) is 7.11 Å². The normalized spacial score (nSPS) is 11.3. The van der Waals surface area contributed by atoms with Gasteiger partial charge in [0.15, 0.2) is 0 Å². The molecule has 0 aliphatic heterocycles. The van der Waals surface area contributed by atoms with Gasteiger partial charge in [-0.3, -0.25) is 0 Å². The van der Waals surface area contributed by atoms with E-state index >= 15 is 0 Å². The molecular formula is C12H12ClN3O3S. The number of nitrogens with one attached hydrogen (secondary N) is 1. The van der Waals surface area contributed by atoms with Crippen LogP contribution >= 0.6 is 11.6 Å². The van der Waals surface area contributed by atoms with E-state index in [4.69, 9.17) is 16.3 Å². The van der Waals surface area contributed by atoms with E-state index in [1.54, 1.807) is 18.3 Å². The van der Waals surface area contributed by atoms with Crippen LogP contribution in [0.4, 0.5) is 0 Å². The summed E-state index contributed by atoms with van der Waals surface area (Å²) in [6, 6.07) is 6.31. The molecule has 106 valence electrons. The van der Waals surface area contributed by atoms with Crippen molar-refractivity contribution < 1.29 is 13.2 Å². The van der Waals surface area contributed by atoms with E-state index in [-0.39, 0.29) is 16.6 Å². The maximum Gasteiger partial charge on any atom is 0.243 e. The van der Waals surface area contributed by atoms with Crippen molar-refractivity contribution in [1.29, 1.82) is 0 Å². The molecular weight excluding hydrogens is 302 g/mol. The molecule has 0 fully saturated rings. The van der Waals surface area contributed by atoms with Crippen LogP contribution in [0.5, 0.6) is 5.88 Å². The fraction of sp³-hybridized carbons (Fsp3) is 0.167.